The molecule has 0 spiro atoms. The van der Waals surface area contributed by atoms with Gasteiger partial charge in [-0.15, -0.1) is 0 Å². The van der Waals surface area contributed by atoms with Gasteiger partial charge in [0.05, 0.1) is 12.0 Å². The molecule has 1 aliphatic carbocycles. The molecule has 1 aliphatic rings. The molecule has 1 atom stereocenters. The number of carbonyl (C=O) groups is 4. The molecule has 9 heteroatoms. The molecule has 1 fully saturated rings. The highest BCUT2D eigenvalue weighted by atomic mass is 16.4. The third-order valence-electron chi connectivity index (χ3n) is 6.67. The number of aromatic hydroxyl groups is 1. The molecule has 1 aromatic heterocycles. The first-order chi connectivity index (χ1) is 17.3. The number of phenolic OH excluding ortho intramolecular Hbond substituents is 1. The molecule has 36 heavy (non-hydrogen) atoms. The first-order valence-corrected chi connectivity index (χ1v) is 12.1. The number of anilines is 1. The predicted molar refractivity (Wildman–Crippen MR) is 134 cm³/mol. The molecule has 2 amide bonds. The van der Waals surface area contributed by atoms with E-state index in [4.69, 9.17) is 0 Å². The topological polar surface area (TPSA) is 140 Å². The fraction of sp³-hybridized carbons (Fsp3) is 0.333. The van der Waals surface area contributed by atoms with Gasteiger partial charge >= 0.3 is 5.97 Å². The van der Waals surface area contributed by atoms with Crippen LogP contribution >= 0.6 is 0 Å². The van der Waals surface area contributed by atoms with Crippen molar-refractivity contribution in [2.45, 2.75) is 44.6 Å². The van der Waals surface area contributed by atoms with E-state index in [1.165, 1.54) is 18.3 Å². The van der Waals surface area contributed by atoms with Gasteiger partial charge in [-0.3, -0.25) is 19.2 Å². The molecular weight excluding hydrogens is 462 g/mol. The minimum atomic E-state index is -1.14. The summed E-state index contributed by atoms with van der Waals surface area (Å²) in [5.41, 5.74) is 1.21. The number of nitrogens with one attached hydrogen (secondary N) is 2. The van der Waals surface area contributed by atoms with E-state index in [0.29, 0.717) is 29.4 Å². The normalized spacial score (nSPS) is 14.8. The summed E-state index contributed by atoms with van der Waals surface area (Å²) in [5.74, 6) is -3.63. The molecule has 4 rings (SSSR count). The predicted octanol–water partition coefficient (Wildman–Crippen LogP) is 3.95. The van der Waals surface area contributed by atoms with Crippen molar-refractivity contribution in [3.05, 3.63) is 60.3 Å². The zero-order valence-electron chi connectivity index (χ0n) is 19.8. The van der Waals surface area contributed by atoms with E-state index >= 15 is 0 Å². The number of ketones is 1. The molecule has 1 unspecified atom stereocenters. The van der Waals surface area contributed by atoms with Crippen LogP contribution in [-0.2, 0) is 14.4 Å². The van der Waals surface area contributed by atoms with E-state index in [2.05, 4.69) is 10.3 Å². The number of carbonyl (C=O) groups excluding carboxylic acids is 3. The van der Waals surface area contributed by atoms with E-state index < -0.39 is 36.0 Å². The summed E-state index contributed by atoms with van der Waals surface area (Å²) in [7, 11) is 0. The summed E-state index contributed by atoms with van der Waals surface area (Å²) in [6.45, 7) is -0.281. The van der Waals surface area contributed by atoms with Crippen LogP contribution in [-0.4, -0.2) is 56.3 Å². The Balaban J connectivity index is 1.69. The van der Waals surface area contributed by atoms with Crippen molar-refractivity contribution in [2.75, 3.05) is 11.9 Å². The van der Waals surface area contributed by atoms with Gasteiger partial charge in [0, 0.05) is 35.4 Å². The lowest BCUT2D eigenvalue weighted by Gasteiger charge is -2.37. The molecule has 0 aliphatic heterocycles. The number of phenols is 1. The number of aliphatic carboxylic acids is 1. The average molecular weight is 492 g/mol. The lowest BCUT2D eigenvalue weighted by Crippen LogP contribution is -2.54. The van der Waals surface area contributed by atoms with Crippen molar-refractivity contribution >= 4 is 40.2 Å². The Morgan fingerprint density at radius 2 is 1.78 bits per heavy atom. The van der Waals surface area contributed by atoms with E-state index in [1.807, 2.05) is 0 Å². The van der Waals surface area contributed by atoms with E-state index in [0.717, 1.165) is 24.2 Å². The van der Waals surface area contributed by atoms with Crippen molar-refractivity contribution in [2.24, 2.45) is 5.92 Å². The van der Waals surface area contributed by atoms with Crippen LogP contribution in [0.1, 0.15) is 48.9 Å². The molecule has 1 heterocycles. The van der Waals surface area contributed by atoms with Gasteiger partial charge in [0.2, 0.25) is 5.91 Å². The molecule has 2 aromatic carbocycles. The molecule has 0 radical (unpaired) electrons. The second-order valence-corrected chi connectivity index (χ2v) is 9.10. The summed E-state index contributed by atoms with van der Waals surface area (Å²) in [5, 5.41) is 22.5. The minimum Gasteiger partial charge on any atom is -0.508 e. The highest BCUT2D eigenvalue weighted by Crippen LogP contribution is 2.31. The van der Waals surface area contributed by atoms with Gasteiger partial charge < -0.3 is 25.4 Å². The van der Waals surface area contributed by atoms with Gasteiger partial charge in [-0.2, -0.15) is 0 Å². The van der Waals surface area contributed by atoms with Crippen LogP contribution < -0.4 is 5.32 Å². The van der Waals surface area contributed by atoms with E-state index in [1.54, 1.807) is 36.4 Å². The van der Waals surface area contributed by atoms with Gasteiger partial charge in [-0.05, 0) is 37.0 Å². The number of nitrogens with zero attached hydrogens (tertiary/aromatic N) is 1. The van der Waals surface area contributed by atoms with Crippen molar-refractivity contribution < 1.29 is 29.4 Å². The Morgan fingerprint density at radius 3 is 2.50 bits per heavy atom. The maximum atomic E-state index is 13.6. The largest absolute Gasteiger partial charge is 0.508 e. The van der Waals surface area contributed by atoms with Crippen LogP contribution in [0.2, 0.25) is 0 Å². The van der Waals surface area contributed by atoms with E-state index in [9.17, 15) is 29.4 Å². The maximum absolute atomic E-state index is 13.6. The molecular formula is C27H29N3O6. The van der Waals surface area contributed by atoms with Crippen molar-refractivity contribution in [1.82, 2.24) is 9.88 Å². The number of para-hydroxylation sites is 1. The van der Waals surface area contributed by atoms with E-state index in [-0.39, 0.29) is 23.8 Å². The summed E-state index contributed by atoms with van der Waals surface area (Å²) < 4.78 is 0. The Hall–Kier alpha value is -4.14. The summed E-state index contributed by atoms with van der Waals surface area (Å²) >= 11 is 0. The molecule has 1 saturated carbocycles. The number of carboxylic acids is 1. The number of hydrogen-bond acceptors (Lipinski definition) is 5. The van der Waals surface area contributed by atoms with Crippen molar-refractivity contribution in [1.29, 1.82) is 0 Å². The van der Waals surface area contributed by atoms with Crippen LogP contribution in [0.15, 0.2) is 54.7 Å². The smallest absolute Gasteiger partial charge is 0.305 e. The van der Waals surface area contributed by atoms with Gasteiger partial charge in [0.1, 0.15) is 11.8 Å². The highest BCUT2D eigenvalue weighted by molar-refractivity contribution is 6.45. The zero-order valence-corrected chi connectivity index (χ0v) is 19.8. The lowest BCUT2D eigenvalue weighted by atomic mass is 9.82. The molecule has 188 valence electrons. The number of amides is 2. The number of fused-ring (bicyclic) bond motifs is 1. The number of rotatable bonds is 9. The van der Waals surface area contributed by atoms with Crippen LogP contribution in [0.3, 0.4) is 0 Å². The fourth-order valence-electron chi connectivity index (χ4n) is 4.95. The highest BCUT2D eigenvalue weighted by Gasteiger charge is 2.40. The van der Waals surface area contributed by atoms with Crippen LogP contribution in [0, 0.1) is 5.92 Å². The number of benzene rings is 2. The fourth-order valence-corrected chi connectivity index (χ4v) is 4.95. The molecule has 3 aromatic rings. The summed E-state index contributed by atoms with van der Waals surface area (Å²) in [6, 6.07) is 12.1. The Bertz CT molecular complexity index is 1280. The number of Topliss-reactive ketones (excluding diaryl/α,β-unsaturated/α-hetero) is 1. The monoisotopic (exact) mass is 491 g/mol. The first-order valence-electron chi connectivity index (χ1n) is 12.1. The number of aromatic amines is 1. The molecule has 0 bridgehead atoms. The van der Waals surface area contributed by atoms with Gasteiger partial charge in [0.15, 0.2) is 0 Å². The standard InChI is InChI=1S/C27H29N3O6/c31-19-10-6-9-18(15-19)29-26(35)24(17-7-2-1-3-8-17)30(14-13-23(32)33)27(36)25(34)21-16-28-22-12-5-4-11-20(21)22/h4-6,9-12,15-17,24,28,31H,1-3,7-8,13-14H2,(H,29,35)(H,32,33). The summed E-state index contributed by atoms with van der Waals surface area (Å²) in [6.07, 6.45) is 5.16. The Labute approximate surface area is 208 Å². The third-order valence-corrected chi connectivity index (χ3v) is 6.67. The average Bonchev–Trinajstić information content (AvgIpc) is 3.30. The number of carboxylic acid groups (broad SMARTS) is 1. The van der Waals surface area contributed by atoms with Gasteiger partial charge in [-0.25, -0.2) is 0 Å². The molecule has 0 saturated heterocycles. The Kier molecular flexibility index (Phi) is 7.68. The lowest BCUT2D eigenvalue weighted by molar-refractivity contribution is -0.141. The second kappa shape index (κ2) is 11.1. The van der Waals surface area contributed by atoms with Crippen molar-refractivity contribution in [3.63, 3.8) is 0 Å². The zero-order chi connectivity index (χ0) is 25.7. The number of hydrogen-bond donors (Lipinski definition) is 4. The summed E-state index contributed by atoms with van der Waals surface area (Å²) in [4.78, 5) is 56.2. The first kappa shape index (κ1) is 25.0. The third kappa shape index (κ3) is 5.56. The molecule has 9 nitrogen and oxygen atoms in total. The SMILES string of the molecule is O=C(O)CCN(C(=O)C(=O)c1c[nH]c2ccccc12)C(C(=O)Nc1cccc(O)c1)C1CCCCC1. The quantitative estimate of drug-likeness (QED) is 0.264. The van der Waals surface area contributed by atoms with Crippen LogP contribution in [0.25, 0.3) is 10.9 Å². The number of aromatic nitrogens is 1. The second-order valence-electron chi connectivity index (χ2n) is 9.10. The maximum Gasteiger partial charge on any atom is 0.305 e. The van der Waals surface area contributed by atoms with Crippen LogP contribution in [0.4, 0.5) is 5.69 Å². The van der Waals surface area contributed by atoms with Gasteiger partial charge in [-0.1, -0.05) is 43.5 Å². The number of H-pyrrole nitrogens is 1. The van der Waals surface area contributed by atoms with Crippen LogP contribution in [0.5, 0.6) is 5.75 Å². The minimum absolute atomic E-state index is 0.0321. The van der Waals surface area contributed by atoms with Gasteiger partial charge in [0.25, 0.3) is 11.7 Å². The molecule has 4 N–H and O–H groups in total. The Morgan fingerprint density at radius 1 is 1.03 bits per heavy atom. The van der Waals surface area contributed by atoms with Crippen molar-refractivity contribution in [3.8, 4) is 5.75 Å².